The number of hydrogen-bond donors (Lipinski definition) is 1. The van der Waals surface area contributed by atoms with Gasteiger partial charge in [0.2, 0.25) is 0 Å². The van der Waals surface area contributed by atoms with Gasteiger partial charge in [-0.15, -0.1) is 0 Å². The van der Waals surface area contributed by atoms with Crippen LogP contribution in [0.25, 0.3) is 0 Å². The lowest BCUT2D eigenvalue weighted by molar-refractivity contribution is 0.102. The lowest BCUT2D eigenvalue weighted by Crippen LogP contribution is -2.39. The molecule has 1 aromatic carbocycles. The van der Waals surface area contributed by atoms with Gasteiger partial charge < -0.3 is 10.2 Å². The molecule has 0 saturated carbocycles. The van der Waals surface area contributed by atoms with E-state index >= 15 is 0 Å². The number of rotatable bonds is 4. The molecule has 3 rings (SSSR count). The summed E-state index contributed by atoms with van der Waals surface area (Å²) in [5.74, 6) is -0.186. The third-order valence-electron chi connectivity index (χ3n) is 4.51. The molecule has 1 aliphatic heterocycles. The predicted molar refractivity (Wildman–Crippen MR) is 102 cm³/mol. The third-order valence-corrected chi connectivity index (χ3v) is 5.04. The maximum Gasteiger partial charge on any atom is 0.274 e. The zero-order chi connectivity index (χ0) is 16.9. The molecule has 1 unspecified atom stereocenters. The minimum atomic E-state index is -0.186. The fourth-order valence-corrected chi connectivity index (χ4v) is 3.45. The summed E-state index contributed by atoms with van der Waals surface area (Å²) in [6, 6.07) is 11.9. The number of amides is 1. The Balaban J connectivity index is 1.69. The molecular weight excluding hydrogens is 366 g/mol. The smallest absolute Gasteiger partial charge is 0.274 e. The van der Waals surface area contributed by atoms with Crippen LogP contribution in [-0.4, -0.2) is 23.5 Å². The highest BCUT2D eigenvalue weighted by Crippen LogP contribution is 2.26. The van der Waals surface area contributed by atoms with E-state index in [1.165, 1.54) is 19.3 Å². The number of nitrogens with one attached hydrogen (secondary N) is 1. The fourth-order valence-electron chi connectivity index (χ4n) is 3.18. The molecule has 24 heavy (non-hydrogen) atoms. The maximum absolute atomic E-state index is 12.3. The van der Waals surface area contributed by atoms with Crippen molar-refractivity contribution in [1.82, 2.24) is 4.98 Å². The molecule has 0 bridgehead atoms. The van der Waals surface area contributed by atoms with E-state index in [4.69, 9.17) is 0 Å². The number of carbonyl (C=O) groups is 1. The van der Waals surface area contributed by atoms with Crippen LogP contribution in [0.3, 0.4) is 0 Å². The number of halogens is 1. The van der Waals surface area contributed by atoms with E-state index in [-0.39, 0.29) is 5.91 Å². The summed E-state index contributed by atoms with van der Waals surface area (Å²) in [5, 5.41) is 2.87. The maximum atomic E-state index is 12.3. The molecule has 0 aliphatic carbocycles. The van der Waals surface area contributed by atoms with Gasteiger partial charge in [0.1, 0.15) is 5.69 Å². The van der Waals surface area contributed by atoms with E-state index in [9.17, 15) is 4.79 Å². The van der Waals surface area contributed by atoms with Gasteiger partial charge in [0.25, 0.3) is 5.91 Å². The molecule has 1 aromatic heterocycles. The Morgan fingerprint density at radius 1 is 1.25 bits per heavy atom. The monoisotopic (exact) mass is 387 g/mol. The topological polar surface area (TPSA) is 45.2 Å². The Morgan fingerprint density at radius 2 is 2.04 bits per heavy atom. The number of nitrogens with zero attached hydrogens (tertiary/aromatic N) is 2. The summed E-state index contributed by atoms with van der Waals surface area (Å²) in [5.41, 5.74) is 2.31. The SMILES string of the molecule is CCC1CCCCN1c1ccc(C(=O)Nc2ccc(Br)cc2)nc1. The number of piperidine rings is 1. The van der Waals surface area contributed by atoms with Crippen LogP contribution >= 0.6 is 15.9 Å². The van der Waals surface area contributed by atoms with Crippen LogP contribution in [0.5, 0.6) is 0 Å². The van der Waals surface area contributed by atoms with Gasteiger partial charge in [-0.3, -0.25) is 4.79 Å². The molecule has 1 saturated heterocycles. The first-order chi connectivity index (χ1) is 11.7. The molecule has 2 aromatic rings. The second-order valence-electron chi connectivity index (χ2n) is 6.11. The molecule has 1 fully saturated rings. The molecule has 1 aliphatic rings. The van der Waals surface area contributed by atoms with Crippen molar-refractivity contribution in [2.45, 2.75) is 38.6 Å². The van der Waals surface area contributed by atoms with Gasteiger partial charge in [-0.25, -0.2) is 4.98 Å². The molecule has 1 atom stereocenters. The summed E-state index contributed by atoms with van der Waals surface area (Å²) < 4.78 is 0.981. The van der Waals surface area contributed by atoms with Crippen LogP contribution < -0.4 is 10.2 Å². The van der Waals surface area contributed by atoms with Crippen molar-refractivity contribution >= 4 is 33.2 Å². The van der Waals surface area contributed by atoms with Crippen LogP contribution in [0.2, 0.25) is 0 Å². The third kappa shape index (κ3) is 3.96. The van der Waals surface area contributed by atoms with Gasteiger partial charge in [0.05, 0.1) is 11.9 Å². The second-order valence-corrected chi connectivity index (χ2v) is 7.03. The van der Waals surface area contributed by atoms with Gasteiger partial charge in [-0.05, 0) is 62.1 Å². The first-order valence-electron chi connectivity index (χ1n) is 8.47. The number of aromatic nitrogens is 1. The summed E-state index contributed by atoms with van der Waals surface area (Å²) in [6.07, 6.45) is 6.73. The lowest BCUT2D eigenvalue weighted by atomic mass is 9.99. The van der Waals surface area contributed by atoms with Gasteiger partial charge >= 0.3 is 0 Å². The molecule has 2 heterocycles. The Bertz CT molecular complexity index is 685. The molecule has 1 amide bonds. The Labute approximate surface area is 151 Å². The van der Waals surface area contributed by atoms with Crippen molar-refractivity contribution < 1.29 is 4.79 Å². The van der Waals surface area contributed by atoms with E-state index in [1.54, 1.807) is 0 Å². The molecular formula is C19H22BrN3O. The first kappa shape index (κ1) is 17.0. The zero-order valence-electron chi connectivity index (χ0n) is 13.8. The number of anilines is 2. The van der Waals surface area contributed by atoms with Crippen LogP contribution in [0, 0.1) is 0 Å². The van der Waals surface area contributed by atoms with E-state index in [2.05, 4.69) is 38.1 Å². The fraction of sp³-hybridized carbons (Fsp3) is 0.368. The van der Waals surface area contributed by atoms with E-state index in [0.29, 0.717) is 11.7 Å². The highest BCUT2D eigenvalue weighted by molar-refractivity contribution is 9.10. The lowest BCUT2D eigenvalue weighted by Gasteiger charge is -2.37. The Hall–Kier alpha value is -1.88. The number of pyridine rings is 1. The molecule has 5 heteroatoms. The summed E-state index contributed by atoms with van der Waals surface area (Å²) >= 11 is 3.38. The minimum Gasteiger partial charge on any atom is -0.367 e. The highest BCUT2D eigenvalue weighted by Gasteiger charge is 2.21. The van der Waals surface area contributed by atoms with Crippen molar-refractivity contribution in [1.29, 1.82) is 0 Å². The van der Waals surface area contributed by atoms with E-state index < -0.39 is 0 Å². The number of benzene rings is 1. The average molecular weight is 388 g/mol. The predicted octanol–water partition coefficient (Wildman–Crippen LogP) is 4.87. The van der Waals surface area contributed by atoms with Crippen LogP contribution in [0.4, 0.5) is 11.4 Å². The Kier molecular flexibility index (Phi) is 5.51. The quantitative estimate of drug-likeness (QED) is 0.813. The minimum absolute atomic E-state index is 0.186. The molecule has 126 valence electrons. The van der Waals surface area contributed by atoms with Crippen LogP contribution in [-0.2, 0) is 0 Å². The van der Waals surface area contributed by atoms with Crippen molar-refractivity contribution in [3.8, 4) is 0 Å². The largest absolute Gasteiger partial charge is 0.367 e. The van der Waals surface area contributed by atoms with Crippen LogP contribution in [0.15, 0.2) is 47.1 Å². The first-order valence-corrected chi connectivity index (χ1v) is 9.26. The molecule has 0 spiro atoms. The van der Waals surface area contributed by atoms with Gasteiger partial charge in [0, 0.05) is 22.7 Å². The standard InChI is InChI=1S/C19H22BrN3O/c1-2-16-5-3-4-12-23(16)17-10-11-18(21-13-17)19(24)22-15-8-6-14(20)7-9-15/h6-11,13,16H,2-5,12H2,1H3,(H,22,24). The molecule has 1 N–H and O–H groups in total. The van der Waals surface area contributed by atoms with Crippen molar-refractivity contribution in [3.05, 3.63) is 52.8 Å². The van der Waals surface area contributed by atoms with Gasteiger partial charge in [-0.1, -0.05) is 22.9 Å². The van der Waals surface area contributed by atoms with Crippen LogP contribution in [0.1, 0.15) is 43.1 Å². The van der Waals surface area contributed by atoms with E-state index in [1.807, 2.05) is 42.6 Å². The van der Waals surface area contributed by atoms with Gasteiger partial charge in [0.15, 0.2) is 0 Å². The molecule has 0 radical (unpaired) electrons. The highest BCUT2D eigenvalue weighted by atomic mass is 79.9. The Morgan fingerprint density at radius 3 is 2.71 bits per heavy atom. The molecule has 4 nitrogen and oxygen atoms in total. The van der Waals surface area contributed by atoms with E-state index in [0.717, 1.165) is 28.8 Å². The summed E-state index contributed by atoms with van der Waals surface area (Å²) in [6.45, 7) is 3.31. The van der Waals surface area contributed by atoms with Crippen molar-refractivity contribution in [2.75, 3.05) is 16.8 Å². The van der Waals surface area contributed by atoms with Crippen molar-refractivity contribution in [3.63, 3.8) is 0 Å². The normalized spacial score (nSPS) is 17.6. The number of carbonyl (C=O) groups excluding carboxylic acids is 1. The summed E-state index contributed by atoms with van der Waals surface area (Å²) in [4.78, 5) is 19.1. The van der Waals surface area contributed by atoms with Crippen molar-refractivity contribution in [2.24, 2.45) is 0 Å². The zero-order valence-corrected chi connectivity index (χ0v) is 15.4. The number of hydrogen-bond acceptors (Lipinski definition) is 3. The average Bonchev–Trinajstić information content (AvgIpc) is 2.63. The summed E-state index contributed by atoms with van der Waals surface area (Å²) in [7, 11) is 0. The second kappa shape index (κ2) is 7.79. The van der Waals surface area contributed by atoms with Gasteiger partial charge in [-0.2, -0.15) is 0 Å².